The van der Waals surface area contributed by atoms with Gasteiger partial charge in [-0.15, -0.1) is 0 Å². The zero-order valence-electron chi connectivity index (χ0n) is 20.5. The molecule has 0 saturated heterocycles. The molecule has 2 heterocycles. The Labute approximate surface area is 215 Å². The Kier molecular flexibility index (Phi) is 11.8. The van der Waals surface area contributed by atoms with Gasteiger partial charge in [0.25, 0.3) is 0 Å². The minimum absolute atomic E-state index is 0.294. The van der Waals surface area contributed by atoms with Crippen molar-refractivity contribution in [1.82, 2.24) is 14.5 Å². The molecule has 0 N–H and O–H groups in total. The van der Waals surface area contributed by atoms with E-state index in [-0.39, 0.29) is 0 Å². The number of hydrogen-bond acceptors (Lipinski definition) is 8. The van der Waals surface area contributed by atoms with Gasteiger partial charge in [0.2, 0.25) is 0 Å². The average molecular weight is 523 g/mol. The Morgan fingerprint density at radius 1 is 1.21 bits per heavy atom. The Balaban J connectivity index is 0.00000129. The number of rotatable bonds is 9. The van der Waals surface area contributed by atoms with Crippen LogP contribution in [0.2, 0.25) is 0 Å². The van der Waals surface area contributed by atoms with Gasteiger partial charge in [0.05, 0.1) is 37.5 Å². The third-order valence-corrected chi connectivity index (χ3v) is 6.14. The highest BCUT2D eigenvalue weighted by atomic mass is 35.5. The highest BCUT2D eigenvalue weighted by Crippen LogP contribution is 2.37. The van der Waals surface area contributed by atoms with Gasteiger partial charge in [-0.1, -0.05) is 49.7 Å². The van der Waals surface area contributed by atoms with Crippen LogP contribution in [0.5, 0.6) is 0 Å². The molecule has 0 unspecified atom stereocenters. The number of hydrogen-bond donors (Lipinski definition) is 0. The van der Waals surface area contributed by atoms with Crippen LogP contribution in [0.25, 0.3) is 16.6 Å². The minimum Gasteiger partial charge on any atom is -0.497 e. The normalized spacial score (nSPS) is 13.5. The first-order valence-electron chi connectivity index (χ1n) is 10.8. The van der Waals surface area contributed by atoms with Gasteiger partial charge in [0.1, 0.15) is 24.2 Å². The monoisotopic (exact) mass is 522 g/mol. The molecule has 7 nitrogen and oxygen atoms in total. The summed E-state index contributed by atoms with van der Waals surface area (Å²) in [5, 5.41) is 11.5. The Hall–Kier alpha value is -2.12. The van der Waals surface area contributed by atoms with Crippen molar-refractivity contribution in [2.24, 2.45) is 0 Å². The zero-order chi connectivity index (χ0) is 25.1. The molecule has 1 aliphatic carbocycles. The standard InChI is InChI=1S/C21H23ClN4O3S2.C3H8/c1-27-16-6-5-15(22)14(9-17(16)28-2)19-18-13(10-23)11-26(12-29-7-8-30-3)20(18)25-21(24-19)31-4;1-3-2/h5,9,11H,6-8,12H2,1-4H3;3H2,1-2H3. The van der Waals surface area contributed by atoms with Crippen LogP contribution >= 0.6 is 35.1 Å². The molecule has 0 fully saturated rings. The number of fused-ring (bicyclic) bond motifs is 1. The van der Waals surface area contributed by atoms with Gasteiger partial charge in [-0.25, -0.2) is 9.97 Å². The van der Waals surface area contributed by atoms with Gasteiger partial charge < -0.3 is 18.8 Å². The van der Waals surface area contributed by atoms with Gasteiger partial charge >= 0.3 is 0 Å². The highest BCUT2D eigenvalue weighted by molar-refractivity contribution is 7.98. The molecule has 1 aliphatic rings. The van der Waals surface area contributed by atoms with Gasteiger partial charge in [0.15, 0.2) is 10.9 Å². The summed E-state index contributed by atoms with van der Waals surface area (Å²) in [4.78, 5) is 9.37. The molecule has 10 heteroatoms. The van der Waals surface area contributed by atoms with Crippen LogP contribution in [0, 0.1) is 11.3 Å². The van der Waals surface area contributed by atoms with Crippen LogP contribution in [0.3, 0.4) is 0 Å². The second kappa shape index (κ2) is 14.3. The molecule has 3 rings (SSSR count). The smallest absolute Gasteiger partial charge is 0.189 e. The fraction of sp³-hybridized carbons (Fsp3) is 0.458. The summed E-state index contributed by atoms with van der Waals surface area (Å²) in [6.07, 6.45) is 11.1. The van der Waals surface area contributed by atoms with Gasteiger partial charge in [-0.2, -0.15) is 17.0 Å². The minimum atomic E-state index is 0.294. The molecule has 0 amide bonds. The van der Waals surface area contributed by atoms with E-state index < -0.39 is 0 Å². The lowest BCUT2D eigenvalue weighted by molar-refractivity contribution is 0.0926. The number of nitriles is 1. The van der Waals surface area contributed by atoms with E-state index in [1.807, 2.05) is 23.2 Å². The quantitative estimate of drug-likeness (QED) is 0.219. The summed E-state index contributed by atoms with van der Waals surface area (Å²) in [6.45, 7) is 5.15. The maximum absolute atomic E-state index is 9.82. The number of allylic oxidation sites excluding steroid dienone is 4. The summed E-state index contributed by atoms with van der Waals surface area (Å²) in [7, 11) is 3.17. The summed E-state index contributed by atoms with van der Waals surface area (Å²) in [6, 6.07) is 2.26. The lowest BCUT2D eigenvalue weighted by atomic mass is 10.1. The largest absolute Gasteiger partial charge is 0.497 e. The van der Waals surface area contributed by atoms with E-state index in [0.29, 0.717) is 69.3 Å². The topological polar surface area (TPSA) is 82.2 Å². The Morgan fingerprint density at radius 2 is 1.94 bits per heavy atom. The lowest BCUT2D eigenvalue weighted by Crippen LogP contribution is -2.06. The van der Waals surface area contributed by atoms with Crippen molar-refractivity contribution in [2.75, 3.05) is 39.1 Å². The van der Waals surface area contributed by atoms with Crippen molar-refractivity contribution in [1.29, 1.82) is 5.26 Å². The Morgan fingerprint density at radius 3 is 2.53 bits per heavy atom. The van der Waals surface area contributed by atoms with Crippen LogP contribution < -0.4 is 0 Å². The van der Waals surface area contributed by atoms with E-state index in [4.69, 9.17) is 30.8 Å². The predicted molar refractivity (Wildman–Crippen MR) is 142 cm³/mol. The second-order valence-corrected chi connectivity index (χ2v) is 9.30. The number of ether oxygens (including phenoxy) is 3. The molecule has 0 spiro atoms. The van der Waals surface area contributed by atoms with E-state index >= 15 is 0 Å². The predicted octanol–water partition coefficient (Wildman–Crippen LogP) is 6.19. The molecule has 0 radical (unpaired) electrons. The average Bonchev–Trinajstić information content (AvgIpc) is 3.12. The fourth-order valence-corrected chi connectivity index (χ4v) is 4.02. The molecule has 0 bridgehead atoms. The van der Waals surface area contributed by atoms with Crippen molar-refractivity contribution in [2.45, 2.75) is 38.6 Å². The molecule has 0 atom stereocenters. The number of thioether (sulfide) groups is 2. The summed E-state index contributed by atoms with van der Waals surface area (Å²) < 4.78 is 18.6. The SMILES string of the molecule is CCC.COC1=C(OC)CC=C(Cl)C(c2nc(SC)nc3c2c(C#N)cn3COCCSC)=C1. The van der Waals surface area contributed by atoms with E-state index in [0.717, 1.165) is 5.75 Å². The van der Waals surface area contributed by atoms with E-state index in [1.54, 1.807) is 38.3 Å². The molecular weight excluding hydrogens is 492 g/mol. The molecule has 2 aromatic heterocycles. The highest BCUT2D eigenvalue weighted by Gasteiger charge is 2.23. The number of halogens is 1. The molecule has 34 heavy (non-hydrogen) atoms. The van der Waals surface area contributed by atoms with Crippen LogP contribution in [-0.4, -0.2) is 53.6 Å². The molecule has 0 aromatic carbocycles. The van der Waals surface area contributed by atoms with Crippen molar-refractivity contribution < 1.29 is 14.2 Å². The summed E-state index contributed by atoms with van der Waals surface area (Å²) >= 11 is 9.78. The summed E-state index contributed by atoms with van der Waals surface area (Å²) in [5.74, 6) is 2.11. The lowest BCUT2D eigenvalue weighted by Gasteiger charge is -2.11. The van der Waals surface area contributed by atoms with Gasteiger partial charge in [-0.05, 0) is 18.6 Å². The molecular formula is C24H31ClN4O3S2. The van der Waals surface area contributed by atoms with Crippen molar-refractivity contribution in [3.05, 3.63) is 46.2 Å². The number of methoxy groups -OCH3 is 2. The second-order valence-electron chi connectivity index (χ2n) is 7.13. The van der Waals surface area contributed by atoms with Crippen molar-refractivity contribution >= 4 is 51.7 Å². The first kappa shape index (κ1) is 28.1. The molecule has 0 saturated carbocycles. The van der Waals surface area contributed by atoms with Crippen LogP contribution in [0.4, 0.5) is 0 Å². The summed E-state index contributed by atoms with van der Waals surface area (Å²) in [5.41, 5.74) is 2.29. The van der Waals surface area contributed by atoms with Gasteiger partial charge in [0, 0.05) is 29.0 Å². The third kappa shape index (κ3) is 6.72. The molecule has 2 aromatic rings. The first-order chi connectivity index (χ1) is 16.5. The zero-order valence-corrected chi connectivity index (χ0v) is 22.9. The van der Waals surface area contributed by atoms with E-state index in [1.165, 1.54) is 18.2 Å². The first-order valence-corrected chi connectivity index (χ1v) is 13.8. The van der Waals surface area contributed by atoms with E-state index in [2.05, 4.69) is 24.9 Å². The maximum atomic E-state index is 9.82. The maximum Gasteiger partial charge on any atom is 0.189 e. The van der Waals surface area contributed by atoms with Crippen molar-refractivity contribution in [3.8, 4) is 6.07 Å². The number of aromatic nitrogens is 3. The number of nitrogens with zero attached hydrogens (tertiary/aromatic N) is 4. The fourth-order valence-electron chi connectivity index (χ4n) is 3.15. The third-order valence-electron chi connectivity index (χ3n) is 4.66. The molecule has 184 valence electrons. The van der Waals surface area contributed by atoms with Crippen LogP contribution in [0.15, 0.2) is 40.1 Å². The van der Waals surface area contributed by atoms with Crippen LogP contribution in [0.1, 0.15) is 37.9 Å². The van der Waals surface area contributed by atoms with Crippen LogP contribution in [-0.2, 0) is 20.9 Å². The van der Waals surface area contributed by atoms with Crippen molar-refractivity contribution in [3.63, 3.8) is 0 Å². The van der Waals surface area contributed by atoms with Gasteiger partial charge in [-0.3, -0.25) is 0 Å². The Bertz CT molecular complexity index is 1120. The van der Waals surface area contributed by atoms with E-state index in [9.17, 15) is 5.26 Å². The molecule has 0 aliphatic heterocycles.